The van der Waals surface area contributed by atoms with Gasteiger partial charge in [0.1, 0.15) is 17.5 Å². The van der Waals surface area contributed by atoms with Gasteiger partial charge in [-0.2, -0.15) is 5.10 Å². The lowest BCUT2D eigenvalue weighted by Gasteiger charge is -2.09. The summed E-state index contributed by atoms with van der Waals surface area (Å²) in [5.41, 5.74) is 2.59. The molecule has 0 spiro atoms. The SMILES string of the molecule is NNc1cc(NCCn2cccn2)nc(C2CC2)n1. The van der Waals surface area contributed by atoms with Crippen molar-refractivity contribution in [1.29, 1.82) is 0 Å². The predicted octanol–water partition coefficient (Wildman–Crippen LogP) is 0.948. The number of hydrazine groups is 1. The van der Waals surface area contributed by atoms with Crippen molar-refractivity contribution in [1.82, 2.24) is 19.7 Å². The van der Waals surface area contributed by atoms with Gasteiger partial charge in [0, 0.05) is 30.9 Å². The van der Waals surface area contributed by atoms with Crippen LogP contribution in [0.15, 0.2) is 24.5 Å². The Labute approximate surface area is 111 Å². The Hall–Kier alpha value is -2.15. The Morgan fingerprint density at radius 3 is 2.84 bits per heavy atom. The zero-order valence-corrected chi connectivity index (χ0v) is 10.6. The molecule has 0 amide bonds. The molecule has 1 fully saturated rings. The van der Waals surface area contributed by atoms with Gasteiger partial charge in [-0.15, -0.1) is 0 Å². The van der Waals surface area contributed by atoms with E-state index in [9.17, 15) is 0 Å². The molecule has 1 saturated carbocycles. The van der Waals surface area contributed by atoms with Gasteiger partial charge in [-0.25, -0.2) is 15.8 Å². The lowest BCUT2D eigenvalue weighted by molar-refractivity contribution is 0.636. The van der Waals surface area contributed by atoms with E-state index >= 15 is 0 Å². The average Bonchev–Trinajstić information content (AvgIpc) is 3.17. The quantitative estimate of drug-likeness (QED) is 0.528. The van der Waals surface area contributed by atoms with Crippen LogP contribution in [-0.2, 0) is 6.54 Å². The van der Waals surface area contributed by atoms with Gasteiger partial charge in [0.2, 0.25) is 0 Å². The molecule has 0 bridgehead atoms. The van der Waals surface area contributed by atoms with E-state index in [1.54, 1.807) is 6.20 Å². The maximum Gasteiger partial charge on any atom is 0.145 e. The Bertz CT molecular complexity index is 533. The van der Waals surface area contributed by atoms with E-state index in [2.05, 4.69) is 25.8 Å². The third-order valence-electron chi connectivity index (χ3n) is 3.04. The van der Waals surface area contributed by atoms with Crippen LogP contribution < -0.4 is 16.6 Å². The van der Waals surface area contributed by atoms with Crippen molar-refractivity contribution in [3.05, 3.63) is 30.4 Å². The first-order chi connectivity index (χ1) is 9.35. The summed E-state index contributed by atoms with van der Waals surface area (Å²) in [7, 11) is 0. The summed E-state index contributed by atoms with van der Waals surface area (Å²) < 4.78 is 1.87. The van der Waals surface area contributed by atoms with Crippen LogP contribution in [0.2, 0.25) is 0 Å². The number of aromatic nitrogens is 4. The van der Waals surface area contributed by atoms with Crippen molar-refractivity contribution in [3.63, 3.8) is 0 Å². The molecule has 4 N–H and O–H groups in total. The first-order valence-corrected chi connectivity index (χ1v) is 6.42. The summed E-state index contributed by atoms with van der Waals surface area (Å²) in [5.74, 6) is 8.26. The van der Waals surface area contributed by atoms with E-state index < -0.39 is 0 Å². The molecule has 2 aromatic heterocycles. The molecular formula is C12H17N7. The number of nitrogens with zero attached hydrogens (tertiary/aromatic N) is 4. The standard InChI is InChI=1S/C12H17N7/c13-18-11-8-10(16-12(17-11)9-2-3-9)14-5-7-19-6-1-4-15-19/h1,4,6,8-9H,2-3,5,7,13H2,(H2,14,16,17,18). The van der Waals surface area contributed by atoms with Crippen molar-refractivity contribution in [2.24, 2.45) is 5.84 Å². The van der Waals surface area contributed by atoms with Crippen molar-refractivity contribution >= 4 is 11.6 Å². The van der Waals surface area contributed by atoms with Crippen LogP contribution in [0.25, 0.3) is 0 Å². The lowest BCUT2D eigenvalue weighted by atomic mass is 10.3. The zero-order valence-electron chi connectivity index (χ0n) is 10.6. The number of nitrogen functional groups attached to an aromatic ring is 1. The highest BCUT2D eigenvalue weighted by molar-refractivity contribution is 5.47. The fourth-order valence-corrected chi connectivity index (χ4v) is 1.89. The van der Waals surface area contributed by atoms with Gasteiger partial charge in [0.15, 0.2) is 0 Å². The molecule has 0 atom stereocenters. The molecule has 3 rings (SSSR count). The highest BCUT2D eigenvalue weighted by atomic mass is 15.3. The molecule has 2 aromatic rings. The van der Waals surface area contributed by atoms with Gasteiger partial charge in [0.25, 0.3) is 0 Å². The molecule has 1 aliphatic rings. The van der Waals surface area contributed by atoms with Crippen LogP contribution in [0.3, 0.4) is 0 Å². The molecule has 2 heterocycles. The largest absolute Gasteiger partial charge is 0.368 e. The van der Waals surface area contributed by atoms with E-state index in [-0.39, 0.29) is 0 Å². The van der Waals surface area contributed by atoms with E-state index in [0.717, 1.165) is 24.7 Å². The molecule has 1 aliphatic carbocycles. The van der Waals surface area contributed by atoms with Gasteiger partial charge >= 0.3 is 0 Å². The number of anilines is 2. The molecule has 0 unspecified atom stereocenters. The summed E-state index contributed by atoms with van der Waals surface area (Å²) in [5, 5.41) is 7.42. The highest BCUT2D eigenvalue weighted by Crippen LogP contribution is 2.38. The number of hydrogen-bond donors (Lipinski definition) is 3. The zero-order chi connectivity index (χ0) is 13.1. The minimum absolute atomic E-state index is 0.500. The van der Waals surface area contributed by atoms with Crippen LogP contribution in [0.5, 0.6) is 0 Å². The normalized spacial score (nSPS) is 14.4. The van der Waals surface area contributed by atoms with E-state index in [4.69, 9.17) is 5.84 Å². The van der Waals surface area contributed by atoms with Crippen LogP contribution in [-0.4, -0.2) is 26.3 Å². The first-order valence-electron chi connectivity index (χ1n) is 6.42. The second-order valence-corrected chi connectivity index (χ2v) is 4.61. The lowest BCUT2D eigenvalue weighted by Crippen LogP contribution is -2.14. The van der Waals surface area contributed by atoms with E-state index in [1.165, 1.54) is 12.8 Å². The number of nitrogens with two attached hydrogens (primary N) is 1. The maximum absolute atomic E-state index is 5.43. The molecule has 19 heavy (non-hydrogen) atoms. The van der Waals surface area contributed by atoms with Crippen molar-refractivity contribution in [2.75, 3.05) is 17.3 Å². The molecule has 7 nitrogen and oxygen atoms in total. The smallest absolute Gasteiger partial charge is 0.145 e. The second-order valence-electron chi connectivity index (χ2n) is 4.61. The highest BCUT2D eigenvalue weighted by Gasteiger charge is 2.27. The van der Waals surface area contributed by atoms with E-state index in [0.29, 0.717) is 11.7 Å². The van der Waals surface area contributed by atoms with Crippen LogP contribution in [0, 0.1) is 0 Å². The molecule has 100 valence electrons. The minimum Gasteiger partial charge on any atom is -0.368 e. The van der Waals surface area contributed by atoms with Crippen molar-refractivity contribution in [2.45, 2.75) is 25.3 Å². The number of rotatable bonds is 6. The second kappa shape index (κ2) is 5.23. The number of nitrogens with one attached hydrogen (secondary N) is 2. The monoisotopic (exact) mass is 259 g/mol. The summed E-state index contributed by atoms with van der Waals surface area (Å²) in [6.45, 7) is 1.55. The van der Waals surface area contributed by atoms with Gasteiger partial charge in [-0.3, -0.25) is 4.68 Å². The van der Waals surface area contributed by atoms with Gasteiger partial charge < -0.3 is 10.7 Å². The van der Waals surface area contributed by atoms with Crippen molar-refractivity contribution in [3.8, 4) is 0 Å². The minimum atomic E-state index is 0.500. The third kappa shape index (κ3) is 3.00. The fraction of sp³-hybridized carbons (Fsp3) is 0.417. The average molecular weight is 259 g/mol. The molecule has 0 aromatic carbocycles. The Kier molecular flexibility index (Phi) is 3.28. The molecule has 0 aliphatic heterocycles. The summed E-state index contributed by atoms with van der Waals surface area (Å²) >= 11 is 0. The molecule has 0 radical (unpaired) electrons. The first kappa shape index (κ1) is 11.9. The molecule has 0 saturated heterocycles. The Morgan fingerprint density at radius 1 is 1.32 bits per heavy atom. The Morgan fingerprint density at radius 2 is 2.16 bits per heavy atom. The third-order valence-corrected chi connectivity index (χ3v) is 3.04. The fourth-order valence-electron chi connectivity index (χ4n) is 1.89. The summed E-state index contributed by atoms with van der Waals surface area (Å²) in [6.07, 6.45) is 6.04. The summed E-state index contributed by atoms with van der Waals surface area (Å²) in [6, 6.07) is 3.72. The van der Waals surface area contributed by atoms with Crippen LogP contribution in [0.4, 0.5) is 11.6 Å². The van der Waals surface area contributed by atoms with Gasteiger partial charge in [-0.05, 0) is 18.9 Å². The van der Waals surface area contributed by atoms with Gasteiger partial charge in [0.05, 0.1) is 6.54 Å². The molecule has 7 heteroatoms. The maximum atomic E-state index is 5.43. The molecular weight excluding hydrogens is 242 g/mol. The topological polar surface area (TPSA) is 93.7 Å². The van der Waals surface area contributed by atoms with Gasteiger partial charge in [-0.1, -0.05) is 0 Å². The van der Waals surface area contributed by atoms with Crippen molar-refractivity contribution < 1.29 is 0 Å². The number of hydrogen-bond acceptors (Lipinski definition) is 6. The van der Waals surface area contributed by atoms with Crippen LogP contribution >= 0.6 is 0 Å². The predicted molar refractivity (Wildman–Crippen MR) is 72.5 cm³/mol. The Balaban J connectivity index is 1.64. The van der Waals surface area contributed by atoms with Crippen LogP contribution in [0.1, 0.15) is 24.6 Å². The summed E-state index contributed by atoms with van der Waals surface area (Å²) in [4.78, 5) is 8.88. The van der Waals surface area contributed by atoms with E-state index in [1.807, 2.05) is 23.0 Å².